The predicted molar refractivity (Wildman–Crippen MR) is 68.1 cm³/mol. The van der Waals surface area contributed by atoms with E-state index in [1.807, 2.05) is 30.3 Å². The maximum Gasteiger partial charge on any atom is 0.325 e. The Morgan fingerprint density at radius 2 is 1.72 bits per heavy atom. The van der Waals surface area contributed by atoms with Crippen LogP contribution >= 0.6 is 0 Å². The summed E-state index contributed by atoms with van der Waals surface area (Å²) in [7, 11) is 0. The third kappa shape index (κ3) is 2.19. The molecule has 0 bridgehead atoms. The molecule has 0 aliphatic heterocycles. The van der Waals surface area contributed by atoms with E-state index in [1.54, 1.807) is 12.1 Å². The molecule has 18 heavy (non-hydrogen) atoms. The molecule has 2 rings (SSSR count). The van der Waals surface area contributed by atoms with E-state index >= 15 is 0 Å². The van der Waals surface area contributed by atoms with Gasteiger partial charge in [0.05, 0.1) is 0 Å². The molecule has 0 fully saturated rings. The number of aliphatic carboxylic acids is 1. The Labute approximate surface area is 104 Å². The lowest BCUT2D eigenvalue weighted by Gasteiger charge is -2.12. The van der Waals surface area contributed by atoms with E-state index in [0.29, 0.717) is 5.56 Å². The number of rotatable bonds is 3. The second-order valence-electron chi connectivity index (χ2n) is 3.93. The van der Waals surface area contributed by atoms with Gasteiger partial charge in [-0.2, -0.15) is 0 Å². The van der Waals surface area contributed by atoms with Crippen LogP contribution in [0.4, 0.5) is 0 Å². The molecule has 4 nitrogen and oxygen atoms in total. The van der Waals surface area contributed by atoms with Crippen molar-refractivity contribution in [2.75, 3.05) is 0 Å². The zero-order valence-corrected chi connectivity index (χ0v) is 9.58. The minimum atomic E-state index is -1.23. The van der Waals surface area contributed by atoms with Crippen molar-refractivity contribution >= 4 is 5.97 Å². The molecule has 4 N–H and O–H groups in total. The van der Waals surface area contributed by atoms with Gasteiger partial charge in [-0.15, -0.1) is 0 Å². The second kappa shape index (κ2) is 4.89. The highest BCUT2D eigenvalue weighted by Crippen LogP contribution is 2.34. The van der Waals surface area contributed by atoms with E-state index in [0.717, 1.165) is 5.56 Å². The lowest BCUT2D eigenvalue weighted by atomic mass is 9.98. The lowest BCUT2D eigenvalue weighted by molar-refractivity contribution is -0.138. The van der Waals surface area contributed by atoms with Crippen molar-refractivity contribution < 1.29 is 15.0 Å². The first kappa shape index (κ1) is 12.1. The molecule has 4 heteroatoms. The Balaban J connectivity index is 2.52. The number of hydrogen-bond donors (Lipinski definition) is 3. The van der Waals surface area contributed by atoms with Gasteiger partial charge < -0.3 is 15.9 Å². The van der Waals surface area contributed by atoms with Crippen LogP contribution in [0.3, 0.4) is 0 Å². The summed E-state index contributed by atoms with van der Waals surface area (Å²) in [5, 5.41) is 19.0. The molecule has 0 unspecified atom stereocenters. The average molecular weight is 243 g/mol. The smallest absolute Gasteiger partial charge is 0.325 e. The van der Waals surface area contributed by atoms with Gasteiger partial charge in [0.25, 0.3) is 0 Å². The predicted octanol–water partition coefficient (Wildman–Crippen LogP) is 2.14. The van der Waals surface area contributed by atoms with E-state index in [2.05, 4.69) is 0 Å². The molecule has 0 saturated heterocycles. The fraction of sp³-hybridized carbons (Fsp3) is 0.0714. The lowest BCUT2D eigenvalue weighted by Crippen LogP contribution is -2.20. The molecule has 0 aromatic heterocycles. The van der Waals surface area contributed by atoms with Crippen LogP contribution in [-0.4, -0.2) is 16.2 Å². The van der Waals surface area contributed by atoms with Crippen LogP contribution in [0.1, 0.15) is 11.6 Å². The molecule has 2 aromatic rings. The van der Waals surface area contributed by atoms with Crippen LogP contribution < -0.4 is 5.73 Å². The van der Waals surface area contributed by atoms with Gasteiger partial charge in [0.1, 0.15) is 11.8 Å². The first-order chi connectivity index (χ1) is 8.61. The van der Waals surface area contributed by atoms with E-state index in [4.69, 9.17) is 10.8 Å². The zero-order chi connectivity index (χ0) is 13.1. The average Bonchev–Trinajstić information content (AvgIpc) is 2.39. The number of phenolic OH excluding ortho intramolecular Hbond substituents is 1. The fourth-order valence-corrected chi connectivity index (χ4v) is 1.80. The highest BCUT2D eigenvalue weighted by molar-refractivity contribution is 5.80. The van der Waals surface area contributed by atoms with Crippen LogP contribution in [0.15, 0.2) is 48.5 Å². The molecule has 0 amide bonds. The van der Waals surface area contributed by atoms with Gasteiger partial charge in [-0.3, -0.25) is 4.79 Å². The quantitative estimate of drug-likeness (QED) is 0.771. The van der Waals surface area contributed by atoms with Gasteiger partial charge in [0.15, 0.2) is 0 Å². The summed E-state index contributed by atoms with van der Waals surface area (Å²) < 4.78 is 0. The topological polar surface area (TPSA) is 83.6 Å². The molecule has 0 heterocycles. The molecule has 92 valence electrons. The number of para-hydroxylation sites is 1. The Morgan fingerprint density at radius 3 is 2.33 bits per heavy atom. The second-order valence-corrected chi connectivity index (χ2v) is 3.93. The van der Waals surface area contributed by atoms with Gasteiger partial charge in [-0.1, -0.05) is 48.5 Å². The molecule has 0 aliphatic carbocycles. The van der Waals surface area contributed by atoms with E-state index in [1.165, 1.54) is 6.07 Å². The van der Waals surface area contributed by atoms with Gasteiger partial charge in [-0.25, -0.2) is 0 Å². The highest BCUT2D eigenvalue weighted by Gasteiger charge is 2.20. The third-order valence-electron chi connectivity index (χ3n) is 2.75. The molecular formula is C14H13NO3. The van der Waals surface area contributed by atoms with Gasteiger partial charge in [0, 0.05) is 11.1 Å². The van der Waals surface area contributed by atoms with Gasteiger partial charge in [-0.05, 0) is 5.56 Å². The third-order valence-corrected chi connectivity index (χ3v) is 2.75. The summed E-state index contributed by atoms with van der Waals surface area (Å²) in [5.74, 6) is -1.26. The van der Waals surface area contributed by atoms with Crippen molar-refractivity contribution in [3.8, 4) is 16.9 Å². The Morgan fingerprint density at radius 1 is 1.06 bits per heavy atom. The summed E-state index contributed by atoms with van der Waals surface area (Å²) in [6.07, 6.45) is 0. The first-order valence-electron chi connectivity index (χ1n) is 5.47. The van der Waals surface area contributed by atoms with Crippen LogP contribution in [0.5, 0.6) is 5.75 Å². The number of phenols is 1. The number of aromatic hydroxyl groups is 1. The van der Waals surface area contributed by atoms with Crippen LogP contribution in [0, 0.1) is 0 Å². The molecule has 1 atom stereocenters. The van der Waals surface area contributed by atoms with Crippen molar-refractivity contribution in [2.45, 2.75) is 6.04 Å². The number of benzene rings is 2. The van der Waals surface area contributed by atoms with Crippen molar-refractivity contribution in [2.24, 2.45) is 5.73 Å². The molecule has 0 saturated carbocycles. The molecule has 2 aromatic carbocycles. The Hall–Kier alpha value is -2.33. The van der Waals surface area contributed by atoms with Crippen LogP contribution in [0.2, 0.25) is 0 Å². The number of carboxylic acid groups (broad SMARTS) is 1. The van der Waals surface area contributed by atoms with Crippen molar-refractivity contribution in [1.29, 1.82) is 0 Å². The maximum atomic E-state index is 10.9. The fourth-order valence-electron chi connectivity index (χ4n) is 1.80. The van der Waals surface area contributed by atoms with Crippen molar-refractivity contribution in [3.63, 3.8) is 0 Å². The summed E-state index contributed by atoms with van der Waals surface area (Å²) >= 11 is 0. The monoisotopic (exact) mass is 243 g/mol. The van der Waals surface area contributed by atoms with Crippen LogP contribution in [-0.2, 0) is 4.79 Å². The minimum Gasteiger partial charge on any atom is -0.507 e. The summed E-state index contributed by atoms with van der Waals surface area (Å²) in [5.41, 5.74) is 7.13. The van der Waals surface area contributed by atoms with E-state index < -0.39 is 12.0 Å². The van der Waals surface area contributed by atoms with Gasteiger partial charge >= 0.3 is 5.97 Å². The number of nitrogens with two attached hydrogens (primary N) is 1. The summed E-state index contributed by atoms with van der Waals surface area (Å²) in [6.45, 7) is 0. The normalized spacial score (nSPS) is 12.1. The summed E-state index contributed by atoms with van der Waals surface area (Å²) in [4.78, 5) is 10.9. The van der Waals surface area contributed by atoms with Crippen molar-refractivity contribution in [3.05, 3.63) is 54.1 Å². The van der Waals surface area contributed by atoms with Crippen LogP contribution in [0.25, 0.3) is 11.1 Å². The molecule has 0 spiro atoms. The van der Waals surface area contributed by atoms with Gasteiger partial charge in [0.2, 0.25) is 0 Å². The Kier molecular flexibility index (Phi) is 3.30. The zero-order valence-electron chi connectivity index (χ0n) is 9.58. The molecule has 0 radical (unpaired) electrons. The summed E-state index contributed by atoms with van der Waals surface area (Å²) in [6, 6.07) is 12.9. The maximum absolute atomic E-state index is 10.9. The largest absolute Gasteiger partial charge is 0.507 e. The first-order valence-corrected chi connectivity index (χ1v) is 5.47. The highest BCUT2D eigenvalue weighted by atomic mass is 16.4. The number of carboxylic acids is 1. The molecular weight excluding hydrogens is 230 g/mol. The molecule has 0 aliphatic rings. The Bertz CT molecular complexity index is 567. The van der Waals surface area contributed by atoms with E-state index in [9.17, 15) is 9.90 Å². The number of hydrogen-bond acceptors (Lipinski definition) is 3. The standard InChI is InChI=1S/C14H13NO3/c15-12(14(17)18)11-8-4-7-10(13(11)16)9-5-2-1-3-6-9/h1-8,12,16H,15H2,(H,17,18)/t12-/m0/s1. The van der Waals surface area contributed by atoms with E-state index in [-0.39, 0.29) is 11.3 Å². The number of carbonyl (C=O) groups is 1. The van der Waals surface area contributed by atoms with Crippen molar-refractivity contribution in [1.82, 2.24) is 0 Å². The minimum absolute atomic E-state index is 0.0846. The SMILES string of the molecule is N[C@H](C(=O)O)c1cccc(-c2ccccc2)c1O.